The van der Waals surface area contributed by atoms with Crippen LogP contribution in [-0.2, 0) is 11.3 Å². The molecule has 1 saturated heterocycles. The zero-order valence-corrected chi connectivity index (χ0v) is 13.8. The summed E-state index contributed by atoms with van der Waals surface area (Å²) in [5.41, 5.74) is 7.63. The molecule has 0 spiro atoms. The number of primary amides is 1. The average molecular weight is 324 g/mol. The number of hydrogen-bond donors (Lipinski definition) is 2. The molecule has 3 N–H and O–H groups in total. The molecule has 1 aliphatic heterocycles. The summed E-state index contributed by atoms with van der Waals surface area (Å²) in [4.78, 5) is 18.6. The fourth-order valence-electron chi connectivity index (χ4n) is 3.20. The van der Waals surface area contributed by atoms with Gasteiger partial charge in [0.2, 0.25) is 5.91 Å². The standard InChI is InChI=1S/C19H24N4O/c20-19(24)18(15-6-2-1-3-7-15)22-16-9-12-23(13-10-16)14-17-8-4-5-11-21-17/h1-8,11,16,18,22H,9-10,12-14H2,(H2,20,24)/t18-/m1/s1. The number of carbonyl (C=O) groups is 1. The van der Waals surface area contributed by atoms with Crippen LogP contribution in [0.1, 0.15) is 30.1 Å². The van der Waals surface area contributed by atoms with E-state index in [1.807, 2.05) is 48.7 Å². The van der Waals surface area contributed by atoms with Crippen molar-refractivity contribution in [2.24, 2.45) is 5.73 Å². The van der Waals surface area contributed by atoms with Crippen molar-refractivity contribution in [2.75, 3.05) is 13.1 Å². The monoisotopic (exact) mass is 324 g/mol. The van der Waals surface area contributed by atoms with Crippen LogP contribution in [0.2, 0.25) is 0 Å². The molecular weight excluding hydrogens is 300 g/mol. The number of rotatable bonds is 6. The van der Waals surface area contributed by atoms with E-state index in [4.69, 9.17) is 5.73 Å². The van der Waals surface area contributed by atoms with Crippen LogP contribution in [0, 0.1) is 0 Å². The molecule has 1 amide bonds. The van der Waals surface area contributed by atoms with Gasteiger partial charge in [0.15, 0.2) is 0 Å². The number of aromatic nitrogens is 1. The van der Waals surface area contributed by atoms with Crippen LogP contribution in [-0.4, -0.2) is 34.9 Å². The van der Waals surface area contributed by atoms with E-state index in [9.17, 15) is 4.79 Å². The van der Waals surface area contributed by atoms with Gasteiger partial charge in [0, 0.05) is 31.9 Å². The molecule has 24 heavy (non-hydrogen) atoms. The minimum Gasteiger partial charge on any atom is -0.368 e. The first-order valence-corrected chi connectivity index (χ1v) is 8.45. The Morgan fingerprint density at radius 3 is 2.50 bits per heavy atom. The fraction of sp³-hybridized carbons (Fsp3) is 0.368. The summed E-state index contributed by atoms with van der Waals surface area (Å²) < 4.78 is 0. The van der Waals surface area contributed by atoms with Crippen LogP contribution >= 0.6 is 0 Å². The van der Waals surface area contributed by atoms with Crippen molar-refractivity contribution in [1.82, 2.24) is 15.2 Å². The quantitative estimate of drug-likeness (QED) is 0.851. The first-order chi connectivity index (χ1) is 11.7. The number of hydrogen-bond acceptors (Lipinski definition) is 4. The summed E-state index contributed by atoms with van der Waals surface area (Å²) in [5, 5.41) is 3.44. The van der Waals surface area contributed by atoms with Crippen molar-refractivity contribution in [3.63, 3.8) is 0 Å². The Hall–Kier alpha value is -2.24. The third-order valence-electron chi connectivity index (χ3n) is 4.52. The molecule has 1 aromatic heterocycles. The van der Waals surface area contributed by atoms with Gasteiger partial charge in [-0.25, -0.2) is 0 Å². The Balaban J connectivity index is 1.53. The van der Waals surface area contributed by atoms with Crippen molar-refractivity contribution in [2.45, 2.75) is 31.5 Å². The summed E-state index contributed by atoms with van der Waals surface area (Å²) in [6.07, 6.45) is 3.84. The molecule has 1 aromatic carbocycles. The lowest BCUT2D eigenvalue weighted by Gasteiger charge is -2.34. The highest BCUT2D eigenvalue weighted by Gasteiger charge is 2.25. The maximum absolute atomic E-state index is 11.8. The summed E-state index contributed by atoms with van der Waals surface area (Å²) in [6.45, 7) is 2.87. The van der Waals surface area contributed by atoms with Crippen LogP contribution in [0.15, 0.2) is 54.7 Å². The number of nitrogens with two attached hydrogens (primary N) is 1. The van der Waals surface area contributed by atoms with Gasteiger partial charge in [0.05, 0.1) is 5.69 Å². The van der Waals surface area contributed by atoms with Gasteiger partial charge >= 0.3 is 0 Å². The third-order valence-corrected chi connectivity index (χ3v) is 4.52. The lowest BCUT2D eigenvalue weighted by Crippen LogP contribution is -2.46. The number of carbonyl (C=O) groups excluding carboxylic acids is 1. The van der Waals surface area contributed by atoms with E-state index in [2.05, 4.69) is 21.3 Å². The zero-order valence-electron chi connectivity index (χ0n) is 13.8. The Kier molecular flexibility index (Phi) is 5.56. The van der Waals surface area contributed by atoms with Crippen LogP contribution in [0.5, 0.6) is 0 Å². The van der Waals surface area contributed by atoms with Crippen molar-refractivity contribution in [1.29, 1.82) is 0 Å². The summed E-state index contributed by atoms with van der Waals surface area (Å²) >= 11 is 0. The first kappa shape index (κ1) is 16.6. The Morgan fingerprint density at radius 1 is 1.17 bits per heavy atom. The van der Waals surface area contributed by atoms with E-state index < -0.39 is 6.04 Å². The Labute approximate surface area is 142 Å². The normalized spacial score (nSPS) is 17.5. The molecule has 2 heterocycles. The molecule has 126 valence electrons. The van der Waals surface area contributed by atoms with E-state index in [1.54, 1.807) is 0 Å². The molecule has 5 nitrogen and oxygen atoms in total. The van der Waals surface area contributed by atoms with Gasteiger partial charge in [-0.3, -0.25) is 20.0 Å². The number of piperidine rings is 1. The number of pyridine rings is 1. The molecular formula is C19H24N4O. The van der Waals surface area contributed by atoms with Crippen LogP contribution in [0.3, 0.4) is 0 Å². The summed E-state index contributed by atoms with van der Waals surface area (Å²) in [5.74, 6) is -0.322. The van der Waals surface area contributed by atoms with Crippen molar-refractivity contribution < 1.29 is 4.79 Å². The molecule has 2 aromatic rings. The average Bonchev–Trinajstić information content (AvgIpc) is 2.62. The Morgan fingerprint density at radius 2 is 1.88 bits per heavy atom. The van der Waals surface area contributed by atoms with Gasteiger partial charge in [-0.2, -0.15) is 0 Å². The number of nitrogens with one attached hydrogen (secondary N) is 1. The summed E-state index contributed by atoms with van der Waals surface area (Å²) in [6, 6.07) is 15.6. The number of amides is 1. The van der Waals surface area contributed by atoms with Crippen LogP contribution < -0.4 is 11.1 Å². The van der Waals surface area contributed by atoms with Crippen LogP contribution in [0.4, 0.5) is 0 Å². The summed E-state index contributed by atoms with van der Waals surface area (Å²) in [7, 11) is 0. The SMILES string of the molecule is NC(=O)[C@H](NC1CCN(Cc2ccccn2)CC1)c1ccccc1. The third kappa shape index (κ3) is 4.40. The molecule has 0 radical (unpaired) electrons. The van der Waals surface area contributed by atoms with Crippen molar-refractivity contribution >= 4 is 5.91 Å². The van der Waals surface area contributed by atoms with Crippen LogP contribution in [0.25, 0.3) is 0 Å². The minimum atomic E-state index is -0.418. The van der Waals surface area contributed by atoms with E-state index in [1.165, 1.54) is 0 Å². The maximum Gasteiger partial charge on any atom is 0.239 e. The highest BCUT2D eigenvalue weighted by atomic mass is 16.1. The smallest absolute Gasteiger partial charge is 0.239 e. The number of likely N-dealkylation sites (tertiary alicyclic amines) is 1. The largest absolute Gasteiger partial charge is 0.368 e. The minimum absolute atomic E-state index is 0.308. The predicted octanol–water partition coefficient (Wildman–Crippen LogP) is 1.86. The topological polar surface area (TPSA) is 71.2 Å². The molecule has 1 atom stereocenters. The van der Waals surface area contributed by atoms with Gasteiger partial charge in [0.25, 0.3) is 0 Å². The second-order valence-corrected chi connectivity index (χ2v) is 6.28. The fourth-order valence-corrected chi connectivity index (χ4v) is 3.20. The highest BCUT2D eigenvalue weighted by molar-refractivity contribution is 5.81. The molecule has 0 aliphatic carbocycles. The first-order valence-electron chi connectivity index (χ1n) is 8.45. The second kappa shape index (κ2) is 8.04. The van der Waals surface area contributed by atoms with Crippen molar-refractivity contribution in [3.8, 4) is 0 Å². The van der Waals surface area contributed by atoms with E-state index >= 15 is 0 Å². The van der Waals surface area contributed by atoms with E-state index in [0.29, 0.717) is 6.04 Å². The molecule has 3 rings (SSSR count). The molecule has 0 unspecified atom stereocenters. The van der Waals surface area contributed by atoms with Gasteiger partial charge < -0.3 is 5.73 Å². The molecule has 0 saturated carbocycles. The lowest BCUT2D eigenvalue weighted by atomic mass is 10.0. The maximum atomic E-state index is 11.8. The van der Waals surface area contributed by atoms with Gasteiger partial charge in [-0.15, -0.1) is 0 Å². The highest BCUT2D eigenvalue weighted by Crippen LogP contribution is 2.18. The second-order valence-electron chi connectivity index (χ2n) is 6.28. The van der Waals surface area contributed by atoms with Gasteiger partial charge in [0.1, 0.15) is 6.04 Å². The predicted molar refractivity (Wildman–Crippen MR) is 94.0 cm³/mol. The number of nitrogens with zero attached hydrogens (tertiary/aromatic N) is 2. The molecule has 1 fully saturated rings. The van der Waals surface area contributed by atoms with Gasteiger partial charge in [-0.05, 0) is 30.5 Å². The van der Waals surface area contributed by atoms with Crippen molar-refractivity contribution in [3.05, 3.63) is 66.0 Å². The lowest BCUT2D eigenvalue weighted by molar-refractivity contribution is -0.120. The van der Waals surface area contributed by atoms with Gasteiger partial charge in [-0.1, -0.05) is 36.4 Å². The number of benzene rings is 1. The molecule has 5 heteroatoms. The zero-order chi connectivity index (χ0) is 16.8. The van der Waals surface area contributed by atoms with E-state index in [0.717, 1.165) is 43.7 Å². The van der Waals surface area contributed by atoms with E-state index in [-0.39, 0.29) is 5.91 Å². The molecule has 0 bridgehead atoms. The molecule has 1 aliphatic rings. The Bertz CT molecular complexity index is 639.